The van der Waals surface area contributed by atoms with Gasteiger partial charge in [-0.15, -0.1) is 0 Å². The maximum atomic E-state index is 11.8. The zero-order valence-corrected chi connectivity index (χ0v) is 20.1. The second kappa shape index (κ2) is 8.21. The van der Waals surface area contributed by atoms with Crippen LogP contribution in [-0.4, -0.2) is 60.0 Å². The van der Waals surface area contributed by atoms with Gasteiger partial charge in [-0.1, -0.05) is 12.1 Å². The Bertz CT molecular complexity index is 1180. The molecule has 6 rings (SSSR count). The first kappa shape index (κ1) is 21.8. The standard InChI is InChI=1S/C28H32N2O4/c1-18-20(3-5-22-24(18)15-33-26(22)31)7-11-29-13-14-30(28(17-29)9-10-28)12-8-21-4-6-23-25(19(21)2)16-34-27(23)32/h3-6H,7-17H2,1-2H3. The molecule has 2 aromatic rings. The van der Waals surface area contributed by atoms with Crippen molar-refractivity contribution in [2.24, 2.45) is 0 Å². The van der Waals surface area contributed by atoms with Gasteiger partial charge >= 0.3 is 11.9 Å². The number of hydrogen-bond acceptors (Lipinski definition) is 6. The molecule has 0 aromatic heterocycles. The van der Waals surface area contributed by atoms with E-state index in [0.717, 1.165) is 67.8 Å². The van der Waals surface area contributed by atoms with E-state index in [9.17, 15) is 9.59 Å². The Labute approximate surface area is 200 Å². The van der Waals surface area contributed by atoms with Crippen LogP contribution in [0.3, 0.4) is 0 Å². The van der Waals surface area contributed by atoms with Crippen LogP contribution in [0.15, 0.2) is 24.3 Å². The highest BCUT2D eigenvalue weighted by molar-refractivity contribution is 5.94. The molecule has 3 heterocycles. The zero-order valence-electron chi connectivity index (χ0n) is 20.1. The maximum absolute atomic E-state index is 11.8. The van der Waals surface area contributed by atoms with Gasteiger partial charge in [0.25, 0.3) is 0 Å². The number of esters is 2. The molecule has 6 heteroatoms. The minimum Gasteiger partial charge on any atom is -0.457 e. The molecule has 4 aliphatic rings. The van der Waals surface area contributed by atoms with Crippen molar-refractivity contribution in [1.29, 1.82) is 0 Å². The number of hydrogen-bond donors (Lipinski definition) is 0. The number of benzene rings is 2. The summed E-state index contributed by atoms with van der Waals surface area (Å²) in [5.41, 5.74) is 9.09. The second-order valence-corrected chi connectivity index (χ2v) is 10.4. The summed E-state index contributed by atoms with van der Waals surface area (Å²) in [7, 11) is 0. The van der Waals surface area contributed by atoms with E-state index in [-0.39, 0.29) is 11.9 Å². The zero-order chi connectivity index (χ0) is 23.4. The van der Waals surface area contributed by atoms with E-state index in [1.807, 2.05) is 12.1 Å². The summed E-state index contributed by atoms with van der Waals surface area (Å²) in [5, 5.41) is 0. The minimum atomic E-state index is -0.187. The van der Waals surface area contributed by atoms with E-state index < -0.39 is 0 Å². The average Bonchev–Trinajstić information content (AvgIpc) is 3.32. The van der Waals surface area contributed by atoms with Gasteiger partial charge in [0.15, 0.2) is 0 Å². The summed E-state index contributed by atoms with van der Waals surface area (Å²) in [5.74, 6) is -0.372. The highest BCUT2D eigenvalue weighted by Crippen LogP contribution is 2.44. The van der Waals surface area contributed by atoms with Crippen molar-refractivity contribution < 1.29 is 19.1 Å². The summed E-state index contributed by atoms with van der Waals surface area (Å²) in [6.07, 6.45) is 4.60. The first-order valence-electron chi connectivity index (χ1n) is 12.5. The number of nitrogens with zero attached hydrogens (tertiary/aromatic N) is 2. The van der Waals surface area contributed by atoms with Gasteiger partial charge in [-0.2, -0.15) is 0 Å². The van der Waals surface area contributed by atoms with Crippen molar-refractivity contribution in [3.63, 3.8) is 0 Å². The maximum Gasteiger partial charge on any atom is 0.338 e. The van der Waals surface area contributed by atoms with Crippen LogP contribution < -0.4 is 0 Å². The van der Waals surface area contributed by atoms with Gasteiger partial charge < -0.3 is 9.47 Å². The molecule has 178 valence electrons. The summed E-state index contributed by atoms with van der Waals surface area (Å²) < 4.78 is 10.4. The minimum absolute atomic E-state index is 0.186. The second-order valence-electron chi connectivity index (χ2n) is 10.4. The van der Waals surface area contributed by atoms with E-state index in [2.05, 4.69) is 35.8 Å². The van der Waals surface area contributed by atoms with Crippen LogP contribution in [0.1, 0.15) is 66.9 Å². The lowest BCUT2D eigenvalue weighted by Gasteiger charge is -2.42. The van der Waals surface area contributed by atoms with Crippen molar-refractivity contribution in [1.82, 2.24) is 9.80 Å². The van der Waals surface area contributed by atoms with Crippen molar-refractivity contribution in [2.75, 3.05) is 32.7 Å². The van der Waals surface area contributed by atoms with E-state index in [4.69, 9.17) is 9.47 Å². The molecule has 6 nitrogen and oxygen atoms in total. The van der Waals surface area contributed by atoms with Gasteiger partial charge in [-0.05, 0) is 73.9 Å². The fraction of sp³-hybridized carbons (Fsp3) is 0.500. The van der Waals surface area contributed by atoms with Gasteiger partial charge in [-0.25, -0.2) is 9.59 Å². The molecule has 2 fully saturated rings. The van der Waals surface area contributed by atoms with E-state index in [0.29, 0.717) is 18.8 Å². The molecule has 1 aliphatic carbocycles. The number of ether oxygens (including phenoxy) is 2. The third-order valence-electron chi connectivity index (χ3n) is 8.61. The fourth-order valence-corrected chi connectivity index (χ4v) is 6.12. The lowest BCUT2D eigenvalue weighted by molar-refractivity contribution is 0.0525. The Morgan fingerprint density at radius 2 is 1.35 bits per heavy atom. The molecule has 2 aromatic carbocycles. The molecule has 0 unspecified atom stereocenters. The molecule has 0 radical (unpaired) electrons. The molecule has 0 N–H and O–H groups in total. The van der Waals surface area contributed by atoms with Crippen LogP contribution in [0, 0.1) is 13.8 Å². The number of carbonyl (C=O) groups excluding carboxylic acids is 2. The molecule has 0 bridgehead atoms. The normalized spacial score (nSPS) is 20.9. The summed E-state index contributed by atoms with van der Waals surface area (Å²) in [4.78, 5) is 29.0. The summed E-state index contributed by atoms with van der Waals surface area (Å²) >= 11 is 0. The number of rotatable bonds is 6. The van der Waals surface area contributed by atoms with E-state index >= 15 is 0 Å². The van der Waals surface area contributed by atoms with Gasteiger partial charge in [0.1, 0.15) is 13.2 Å². The van der Waals surface area contributed by atoms with Gasteiger partial charge in [0.05, 0.1) is 11.1 Å². The number of carbonyl (C=O) groups is 2. The molecule has 3 aliphatic heterocycles. The highest BCUT2D eigenvalue weighted by atomic mass is 16.5. The topological polar surface area (TPSA) is 59.1 Å². The third-order valence-corrected chi connectivity index (χ3v) is 8.61. The summed E-state index contributed by atoms with van der Waals surface area (Å²) in [6.45, 7) is 10.6. The largest absolute Gasteiger partial charge is 0.457 e. The van der Waals surface area contributed by atoms with Crippen LogP contribution >= 0.6 is 0 Å². The Morgan fingerprint density at radius 1 is 0.794 bits per heavy atom. The van der Waals surface area contributed by atoms with Gasteiger partial charge in [0.2, 0.25) is 0 Å². The molecular formula is C28H32N2O4. The predicted molar refractivity (Wildman–Crippen MR) is 128 cm³/mol. The van der Waals surface area contributed by atoms with Crippen LogP contribution in [0.5, 0.6) is 0 Å². The first-order valence-corrected chi connectivity index (χ1v) is 12.5. The predicted octanol–water partition coefficient (Wildman–Crippen LogP) is 3.58. The molecule has 1 saturated heterocycles. The molecule has 1 spiro atoms. The Kier molecular flexibility index (Phi) is 5.26. The Morgan fingerprint density at radius 3 is 1.91 bits per heavy atom. The van der Waals surface area contributed by atoms with Crippen LogP contribution in [0.4, 0.5) is 0 Å². The lowest BCUT2D eigenvalue weighted by Crippen LogP contribution is -2.55. The van der Waals surface area contributed by atoms with Crippen LogP contribution in [-0.2, 0) is 35.5 Å². The van der Waals surface area contributed by atoms with Gasteiger partial charge in [-0.3, -0.25) is 9.80 Å². The van der Waals surface area contributed by atoms with Crippen molar-refractivity contribution >= 4 is 11.9 Å². The number of piperazine rings is 1. The Balaban J connectivity index is 1.06. The molecule has 0 amide bonds. The first-order chi connectivity index (χ1) is 16.4. The smallest absolute Gasteiger partial charge is 0.338 e. The van der Waals surface area contributed by atoms with Crippen LogP contribution in [0.25, 0.3) is 0 Å². The van der Waals surface area contributed by atoms with Crippen molar-refractivity contribution in [2.45, 2.75) is 58.3 Å². The SMILES string of the molecule is Cc1c(CCN2CCN(CCc3ccc4c(c3C)COC4=O)C3(CC3)C2)ccc2c1COC2=O. The molecular weight excluding hydrogens is 428 g/mol. The molecule has 1 saturated carbocycles. The highest BCUT2D eigenvalue weighted by Gasteiger charge is 2.50. The number of fused-ring (bicyclic) bond motifs is 2. The van der Waals surface area contributed by atoms with Crippen molar-refractivity contribution in [3.8, 4) is 0 Å². The molecule has 0 atom stereocenters. The van der Waals surface area contributed by atoms with Gasteiger partial charge in [0, 0.05) is 49.4 Å². The monoisotopic (exact) mass is 460 g/mol. The van der Waals surface area contributed by atoms with E-state index in [1.54, 1.807) is 0 Å². The fourth-order valence-electron chi connectivity index (χ4n) is 6.12. The summed E-state index contributed by atoms with van der Waals surface area (Å²) in [6, 6.07) is 8.12. The molecule has 34 heavy (non-hydrogen) atoms. The quantitative estimate of drug-likeness (QED) is 0.615. The number of cyclic esters (lactones) is 2. The Hall–Kier alpha value is -2.70. The average molecular weight is 461 g/mol. The van der Waals surface area contributed by atoms with Crippen LogP contribution in [0.2, 0.25) is 0 Å². The lowest BCUT2D eigenvalue weighted by atomic mass is 9.96. The third kappa shape index (κ3) is 3.64. The van der Waals surface area contributed by atoms with Crippen molar-refractivity contribution in [3.05, 3.63) is 68.8 Å². The van der Waals surface area contributed by atoms with E-state index in [1.165, 1.54) is 35.1 Å².